The summed E-state index contributed by atoms with van der Waals surface area (Å²) in [6, 6.07) is 0. The SMILES string of the molecule is CCN(CCC(N)=S)S(=O)(=O)CC(=O)OC. The summed E-state index contributed by atoms with van der Waals surface area (Å²) in [6.07, 6.45) is 0.295. The number of rotatable bonds is 7. The minimum absolute atomic E-state index is 0.186. The Labute approximate surface area is 101 Å². The lowest BCUT2D eigenvalue weighted by Crippen LogP contribution is -2.37. The minimum Gasteiger partial charge on any atom is -0.468 e. The first-order valence-electron chi connectivity index (χ1n) is 4.66. The second-order valence-corrected chi connectivity index (χ2v) is 5.53. The van der Waals surface area contributed by atoms with Crippen LogP contribution in [0.4, 0.5) is 0 Å². The molecular weight excluding hydrogens is 252 g/mol. The van der Waals surface area contributed by atoms with Crippen molar-refractivity contribution in [2.75, 3.05) is 26.0 Å². The molecule has 2 N–H and O–H groups in total. The summed E-state index contributed by atoms with van der Waals surface area (Å²) in [6.45, 7) is 2.13. The number of hydrogen-bond donors (Lipinski definition) is 1. The van der Waals surface area contributed by atoms with Gasteiger partial charge in [-0.15, -0.1) is 0 Å². The molecule has 0 fully saturated rings. The maximum Gasteiger partial charge on any atom is 0.322 e. The van der Waals surface area contributed by atoms with Gasteiger partial charge in [0.2, 0.25) is 10.0 Å². The molecule has 0 rings (SSSR count). The summed E-state index contributed by atoms with van der Waals surface area (Å²) >= 11 is 4.66. The van der Waals surface area contributed by atoms with Gasteiger partial charge in [-0.2, -0.15) is 0 Å². The third-order valence-electron chi connectivity index (χ3n) is 1.88. The zero-order valence-electron chi connectivity index (χ0n) is 9.30. The quantitative estimate of drug-likeness (QED) is 0.494. The average Bonchev–Trinajstić information content (AvgIpc) is 2.16. The van der Waals surface area contributed by atoms with Crippen molar-refractivity contribution in [3.8, 4) is 0 Å². The predicted molar refractivity (Wildman–Crippen MR) is 64.5 cm³/mol. The van der Waals surface area contributed by atoms with Crippen LogP contribution >= 0.6 is 12.2 Å². The molecule has 8 heteroatoms. The zero-order chi connectivity index (χ0) is 12.8. The highest BCUT2D eigenvalue weighted by Gasteiger charge is 2.24. The van der Waals surface area contributed by atoms with Gasteiger partial charge in [0, 0.05) is 19.5 Å². The smallest absolute Gasteiger partial charge is 0.322 e. The molecular formula is C8H16N2O4S2. The van der Waals surface area contributed by atoms with E-state index in [-0.39, 0.29) is 18.1 Å². The van der Waals surface area contributed by atoms with Crippen molar-refractivity contribution in [2.24, 2.45) is 5.73 Å². The number of thiocarbonyl (C=S) groups is 1. The van der Waals surface area contributed by atoms with Crippen LogP contribution in [0.5, 0.6) is 0 Å². The van der Waals surface area contributed by atoms with Gasteiger partial charge in [-0.05, 0) is 0 Å². The van der Waals surface area contributed by atoms with Crippen LogP contribution in [-0.4, -0.2) is 49.6 Å². The molecule has 0 aromatic carbocycles. The second-order valence-electron chi connectivity index (χ2n) is 3.04. The first kappa shape index (κ1) is 15.3. The van der Waals surface area contributed by atoms with Gasteiger partial charge in [0.15, 0.2) is 5.75 Å². The Hall–Kier alpha value is -0.730. The zero-order valence-corrected chi connectivity index (χ0v) is 10.9. The number of esters is 1. The van der Waals surface area contributed by atoms with Crippen LogP contribution in [0.3, 0.4) is 0 Å². The maximum absolute atomic E-state index is 11.7. The lowest BCUT2D eigenvalue weighted by atomic mass is 10.4. The molecule has 0 atom stereocenters. The molecule has 6 nitrogen and oxygen atoms in total. The van der Waals surface area contributed by atoms with E-state index in [1.54, 1.807) is 6.92 Å². The number of carbonyl (C=O) groups is 1. The maximum atomic E-state index is 11.7. The summed E-state index contributed by atoms with van der Waals surface area (Å²) in [4.78, 5) is 11.1. The van der Waals surface area contributed by atoms with Crippen LogP contribution in [0.1, 0.15) is 13.3 Å². The summed E-state index contributed by atoms with van der Waals surface area (Å²) in [5, 5.41) is 0. The molecule has 0 aliphatic rings. The van der Waals surface area contributed by atoms with E-state index < -0.39 is 21.7 Å². The van der Waals surface area contributed by atoms with Crippen molar-refractivity contribution in [3.05, 3.63) is 0 Å². The van der Waals surface area contributed by atoms with E-state index in [0.29, 0.717) is 6.42 Å². The Morgan fingerprint density at radius 2 is 2.06 bits per heavy atom. The van der Waals surface area contributed by atoms with Gasteiger partial charge in [0.25, 0.3) is 0 Å². The molecule has 0 saturated carbocycles. The fraction of sp³-hybridized carbons (Fsp3) is 0.750. The fourth-order valence-electron chi connectivity index (χ4n) is 1.03. The second kappa shape index (κ2) is 6.77. The standard InChI is InChI=1S/C8H16N2O4S2/c1-3-10(5-4-7(9)15)16(12,13)6-8(11)14-2/h3-6H2,1-2H3,(H2,9,15). The van der Waals surface area contributed by atoms with Crippen molar-refractivity contribution < 1.29 is 17.9 Å². The average molecular weight is 268 g/mol. The molecule has 0 bridgehead atoms. The highest BCUT2D eigenvalue weighted by atomic mass is 32.2. The molecule has 0 heterocycles. The Kier molecular flexibility index (Phi) is 6.46. The van der Waals surface area contributed by atoms with Crippen LogP contribution in [-0.2, 0) is 19.6 Å². The molecule has 0 aromatic heterocycles. The Bertz CT molecular complexity index is 353. The van der Waals surface area contributed by atoms with Crippen molar-refractivity contribution >= 4 is 33.2 Å². The number of nitrogens with zero attached hydrogens (tertiary/aromatic N) is 1. The minimum atomic E-state index is -3.64. The molecule has 0 saturated heterocycles. The van der Waals surface area contributed by atoms with Gasteiger partial charge in [-0.3, -0.25) is 4.79 Å². The monoisotopic (exact) mass is 268 g/mol. The molecule has 0 aliphatic carbocycles. The van der Waals surface area contributed by atoms with Crippen molar-refractivity contribution in [3.63, 3.8) is 0 Å². The molecule has 0 amide bonds. The van der Waals surface area contributed by atoms with Crippen LogP contribution in [0, 0.1) is 0 Å². The summed E-state index contributed by atoms with van der Waals surface area (Å²) in [5.74, 6) is -1.44. The molecule has 0 unspecified atom stereocenters. The van der Waals surface area contributed by atoms with E-state index in [0.717, 1.165) is 11.4 Å². The largest absolute Gasteiger partial charge is 0.468 e. The third-order valence-corrected chi connectivity index (χ3v) is 3.91. The molecule has 0 spiro atoms. The van der Waals surface area contributed by atoms with Gasteiger partial charge in [0.1, 0.15) is 0 Å². The van der Waals surface area contributed by atoms with Gasteiger partial charge in [0.05, 0.1) is 12.1 Å². The van der Waals surface area contributed by atoms with E-state index >= 15 is 0 Å². The van der Waals surface area contributed by atoms with Gasteiger partial charge < -0.3 is 10.5 Å². The Balaban J connectivity index is 4.55. The number of carbonyl (C=O) groups excluding carboxylic acids is 1. The van der Waals surface area contributed by atoms with Crippen LogP contribution < -0.4 is 5.73 Å². The number of nitrogens with two attached hydrogens (primary N) is 1. The van der Waals surface area contributed by atoms with Crippen LogP contribution in [0.2, 0.25) is 0 Å². The summed E-state index contributed by atoms with van der Waals surface area (Å²) < 4.78 is 28.8. The van der Waals surface area contributed by atoms with Crippen molar-refractivity contribution in [1.82, 2.24) is 4.31 Å². The molecule has 16 heavy (non-hydrogen) atoms. The molecule has 94 valence electrons. The number of ether oxygens (including phenoxy) is 1. The van der Waals surface area contributed by atoms with E-state index in [1.807, 2.05) is 0 Å². The fourth-order valence-corrected chi connectivity index (χ4v) is 2.48. The number of sulfonamides is 1. The van der Waals surface area contributed by atoms with Gasteiger partial charge in [-0.1, -0.05) is 19.1 Å². The van der Waals surface area contributed by atoms with Crippen LogP contribution in [0.15, 0.2) is 0 Å². The first-order valence-corrected chi connectivity index (χ1v) is 6.68. The molecule has 0 aliphatic heterocycles. The van der Waals surface area contributed by atoms with Crippen LogP contribution in [0.25, 0.3) is 0 Å². The summed E-state index contributed by atoms with van der Waals surface area (Å²) in [7, 11) is -2.49. The Morgan fingerprint density at radius 1 is 1.50 bits per heavy atom. The number of hydrogen-bond acceptors (Lipinski definition) is 5. The van der Waals surface area contributed by atoms with Crippen molar-refractivity contribution in [1.29, 1.82) is 0 Å². The van der Waals surface area contributed by atoms with E-state index in [2.05, 4.69) is 17.0 Å². The molecule has 0 radical (unpaired) electrons. The topological polar surface area (TPSA) is 89.7 Å². The van der Waals surface area contributed by atoms with Crippen molar-refractivity contribution in [2.45, 2.75) is 13.3 Å². The predicted octanol–water partition coefficient (Wildman–Crippen LogP) is -0.513. The highest BCUT2D eigenvalue weighted by Crippen LogP contribution is 2.03. The summed E-state index contributed by atoms with van der Waals surface area (Å²) in [5.41, 5.74) is 5.28. The first-order chi connectivity index (χ1) is 7.33. The Morgan fingerprint density at radius 3 is 2.44 bits per heavy atom. The van der Waals surface area contributed by atoms with E-state index in [4.69, 9.17) is 5.73 Å². The third kappa shape index (κ3) is 5.38. The van der Waals surface area contributed by atoms with E-state index in [1.165, 1.54) is 0 Å². The van der Waals surface area contributed by atoms with Gasteiger partial charge in [-0.25, -0.2) is 12.7 Å². The number of methoxy groups -OCH3 is 1. The normalized spacial score (nSPS) is 11.4. The van der Waals surface area contributed by atoms with E-state index in [9.17, 15) is 13.2 Å². The molecule has 0 aromatic rings. The lowest BCUT2D eigenvalue weighted by Gasteiger charge is -2.19. The highest BCUT2D eigenvalue weighted by molar-refractivity contribution is 7.89. The van der Waals surface area contributed by atoms with Gasteiger partial charge >= 0.3 is 5.97 Å². The lowest BCUT2D eigenvalue weighted by molar-refractivity contribution is -0.137.